The number of methoxy groups -OCH3 is 1. The first-order chi connectivity index (χ1) is 12.0. The van der Waals surface area contributed by atoms with Gasteiger partial charge in [0, 0.05) is 0 Å². The van der Waals surface area contributed by atoms with E-state index in [9.17, 15) is 9.90 Å². The van der Waals surface area contributed by atoms with Gasteiger partial charge in [-0.1, -0.05) is 29.5 Å². The number of nitrogens with zero attached hydrogens (tertiary/aromatic N) is 2. The Balaban J connectivity index is 1.67. The topological polar surface area (TPSA) is 110 Å². The van der Waals surface area contributed by atoms with Crippen LogP contribution in [0.2, 0.25) is 0 Å². The van der Waals surface area contributed by atoms with Gasteiger partial charge in [0.05, 0.1) is 23.7 Å². The van der Waals surface area contributed by atoms with Gasteiger partial charge in [-0.15, -0.1) is 0 Å². The highest BCUT2D eigenvalue weighted by Gasteiger charge is 2.09. The second kappa shape index (κ2) is 7.18. The quantitative estimate of drug-likeness (QED) is 0.491. The van der Waals surface area contributed by atoms with E-state index in [2.05, 4.69) is 15.3 Å². The van der Waals surface area contributed by atoms with Crippen LogP contribution in [0.25, 0.3) is 10.2 Å². The third-order valence-corrected chi connectivity index (χ3v) is 4.31. The number of hydrogen-bond acceptors (Lipinski definition) is 6. The molecule has 0 unspecified atom stereocenters. The van der Waals surface area contributed by atoms with Crippen molar-refractivity contribution in [3.05, 3.63) is 48.0 Å². The summed E-state index contributed by atoms with van der Waals surface area (Å²) in [6.07, 6.45) is 0.0761. The van der Waals surface area contributed by atoms with Crippen molar-refractivity contribution in [2.24, 2.45) is 10.7 Å². The number of phenolic OH excluding ortho intramolecular Hbond substituents is 1. The SMILES string of the molecule is COc1cc(CC(=O)NC(N)=Nc2nc3ccccc3s2)ccc1O. The number of fused-ring (bicyclic) bond motifs is 1. The second-order valence-electron chi connectivity index (χ2n) is 5.19. The van der Waals surface area contributed by atoms with E-state index in [0.717, 1.165) is 10.2 Å². The van der Waals surface area contributed by atoms with Gasteiger partial charge in [0.1, 0.15) is 0 Å². The van der Waals surface area contributed by atoms with Gasteiger partial charge in [-0.2, -0.15) is 4.99 Å². The van der Waals surface area contributed by atoms with Crippen molar-refractivity contribution in [3.8, 4) is 11.5 Å². The van der Waals surface area contributed by atoms with Crippen molar-refractivity contribution in [1.82, 2.24) is 10.3 Å². The number of amides is 1. The first kappa shape index (κ1) is 16.7. The molecule has 1 heterocycles. The van der Waals surface area contributed by atoms with Crippen molar-refractivity contribution in [1.29, 1.82) is 0 Å². The molecule has 7 nitrogen and oxygen atoms in total. The van der Waals surface area contributed by atoms with Crippen LogP contribution in [-0.4, -0.2) is 29.1 Å². The largest absolute Gasteiger partial charge is 0.504 e. The fourth-order valence-electron chi connectivity index (χ4n) is 2.24. The minimum atomic E-state index is -0.324. The molecule has 0 fully saturated rings. The summed E-state index contributed by atoms with van der Waals surface area (Å²) in [7, 11) is 1.45. The molecule has 0 aliphatic heterocycles. The van der Waals surface area contributed by atoms with E-state index in [-0.39, 0.29) is 24.0 Å². The number of hydrogen-bond donors (Lipinski definition) is 3. The number of rotatable bonds is 4. The zero-order valence-corrected chi connectivity index (χ0v) is 14.2. The van der Waals surface area contributed by atoms with Crippen LogP contribution in [0.3, 0.4) is 0 Å². The summed E-state index contributed by atoms with van der Waals surface area (Å²) in [5, 5.41) is 12.6. The molecule has 1 amide bonds. The monoisotopic (exact) mass is 356 g/mol. The van der Waals surface area contributed by atoms with Crippen LogP contribution in [0.5, 0.6) is 11.5 Å². The van der Waals surface area contributed by atoms with Crippen molar-refractivity contribution in [2.45, 2.75) is 6.42 Å². The molecule has 0 radical (unpaired) electrons. The number of guanidine groups is 1. The molecule has 0 saturated heterocycles. The van der Waals surface area contributed by atoms with Crippen molar-refractivity contribution in [3.63, 3.8) is 0 Å². The van der Waals surface area contributed by atoms with Crippen LogP contribution in [-0.2, 0) is 11.2 Å². The number of nitrogens with one attached hydrogen (secondary N) is 1. The third-order valence-electron chi connectivity index (χ3n) is 3.37. The summed E-state index contributed by atoms with van der Waals surface area (Å²) in [5.41, 5.74) is 7.30. The van der Waals surface area contributed by atoms with Crippen LogP contribution in [0.1, 0.15) is 5.56 Å². The Morgan fingerprint density at radius 1 is 1.36 bits per heavy atom. The van der Waals surface area contributed by atoms with Gasteiger partial charge in [0.25, 0.3) is 0 Å². The number of aromatic hydroxyl groups is 1. The molecule has 0 aliphatic rings. The zero-order chi connectivity index (χ0) is 17.8. The lowest BCUT2D eigenvalue weighted by Gasteiger charge is -2.07. The van der Waals surface area contributed by atoms with Gasteiger partial charge < -0.3 is 15.6 Å². The normalized spacial score (nSPS) is 11.5. The third kappa shape index (κ3) is 4.04. The molecule has 0 bridgehead atoms. The number of thiazole rings is 1. The minimum Gasteiger partial charge on any atom is -0.504 e. The van der Waals surface area contributed by atoms with Gasteiger partial charge in [0.2, 0.25) is 17.0 Å². The second-order valence-corrected chi connectivity index (χ2v) is 6.20. The maximum Gasteiger partial charge on any atom is 0.231 e. The Kier molecular flexibility index (Phi) is 4.80. The van der Waals surface area contributed by atoms with Crippen molar-refractivity contribution < 1.29 is 14.6 Å². The highest BCUT2D eigenvalue weighted by Crippen LogP contribution is 2.28. The van der Waals surface area contributed by atoms with Gasteiger partial charge >= 0.3 is 0 Å². The number of phenols is 1. The molecular formula is C17H16N4O3S. The molecule has 0 aliphatic carbocycles. The van der Waals surface area contributed by atoms with Gasteiger partial charge in [0.15, 0.2) is 11.5 Å². The molecular weight excluding hydrogens is 340 g/mol. The lowest BCUT2D eigenvalue weighted by atomic mass is 10.1. The van der Waals surface area contributed by atoms with E-state index in [1.807, 2.05) is 24.3 Å². The lowest BCUT2D eigenvalue weighted by molar-refractivity contribution is -0.119. The van der Waals surface area contributed by atoms with Crippen LogP contribution in [0.4, 0.5) is 5.13 Å². The Bertz CT molecular complexity index is 919. The number of aliphatic imine (C=N–C) groups is 1. The molecule has 0 saturated carbocycles. The average molecular weight is 356 g/mol. The minimum absolute atomic E-state index is 0.0172. The number of aromatic nitrogens is 1. The summed E-state index contributed by atoms with van der Waals surface area (Å²) >= 11 is 1.39. The van der Waals surface area contributed by atoms with E-state index in [0.29, 0.717) is 16.4 Å². The predicted octanol–water partition coefficient (Wildman–Crippen LogP) is 2.32. The maximum absolute atomic E-state index is 12.1. The van der Waals surface area contributed by atoms with Crippen LogP contribution in [0, 0.1) is 0 Å². The number of ether oxygens (including phenoxy) is 1. The zero-order valence-electron chi connectivity index (χ0n) is 13.4. The first-order valence-corrected chi connectivity index (χ1v) is 8.22. The average Bonchev–Trinajstić information content (AvgIpc) is 2.98. The van der Waals surface area contributed by atoms with E-state index in [1.54, 1.807) is 12.1 Å². The molecule has 25 heavy (non-hydrogen) atoms. The summed E-state index contributed by atoms with van der Waals surface area (Å²) in [4.78, 5) is 20.5. The summed E-state index contributed by atoms with van der Waals surface area (Å²) in [5.74, 6) is -0.0186. The fourth-order valence-corrected chi connectivity index (χ4v) is 3.09. The maximum atomic E-state index is 12.1. The van der Waals surface area contributed by atoms with Gasteiger partial charge in [-0.3, -0.25) is 10.1 Å². The van der Waals surface area contributed by atoms with Gasteiger partial charge in [-0.25, -0.2) is 4.98 Å². The Morgan fingerprint density at radius 3 is 2.92 bits per heavy atom. The van der Waals surface area contributed by atoms with Crippen molar-refractivity contribution >= 4 is 38.6 Å². The molecule has 128 valence electrons. The Hall–Kier alpha value is -3.13. The summed E-state index contributed by atoms with van der Waals surface area (Å²) in [6, 6.07) is 12.3. The molecule has 3 aromatic rings. The smallest absolute Gasteiger partial charge is 0.231 e. The molecule has 3 rings (SSSR count). The number of carbonyl (C=O) groups is 1. The number of carbonyl (C=O) groups excluding carboxylic acids is 1. The molecule has 1 aromatic heterocycles. The van der Waals surface area contributed by atoms with E-state index >= 15 is 0 Å². The molecule has 4 N–H and O–H groups in total. The van der Waals surface area contributed by atoms with E-state index in [1.165, 1.54) is 24.5 Å². The number of nitrogens with two attached hydrogens (primary N) is 1. The van der Waals surface area contributed by atoms with E-state index in [4.69, 9.17) is 10.5 Å². The van der Waals surface area contributed by atoms with Crippen LogP contribution < -0.4 is 15.8 Å². The van der Waals surface area contributed by atoms with Crippen molar-refractivity contribution in [2.75, 3.05) is 7.11 Å². The van der Waals surface area contributed by atoms with E-state index < -0.39 is 0 Å². The van der Waals surface area contributed by atoms with Crippen LogP contribution >= 0.6 is 11.3 Å². The standard InChI is InChI=1S/C17H16N4O3S/c1-24-13-8-10(6-7-12(13)22)9-15(23)20-16(18)21-17-19-11-4-2-3-5-14(11)25-17/h2-8,22H,9H2,1H3,(H3,18,19,20,21,23). The summed E-state index contributed by atoms with van der Waals surface area (Å²) < 4.78 is 6.02. The number of para-hydroxylation sites is 1. The highest BCUT2D eigenvalue weighted by atomic mass is 32.1. The summed E-state index contributed by atoms with van der Waals surface area (Å²) in [6.45, 7) is 0. The number of benzene rings is 2. The predicted molar refractivity (Wildman–Crippen MR) is 97.4 cm³/mol. The van der Waals surface area contributed by atoms with Gasteiger partial charge in [-0.05, 0) is 29.8 Å². The Morgan fingerprint density at radius 2 is 2.16 bits per heavy atom. The molecule has 0 spiro atoms. The van der Waals surface area contributed by atoms with Crippen LogP contribution in [0.15, 0.2) is 47.5 Å². The highest BCUT2D eigenvalue weighted by molar-refractivity contribution is 7.22. The lowest BCUT2D eigenvalue weighted by Crippen LogP contribution is -2.37. The molecule has 2 aromatic carbocycles. The molecule has 0 atom stereocenters. The Labute approximate surface area is 147 Å². The fraction of sp³-hybridized carbons (Fsp3) is 0.118. The molecule has 8 heteroatoms. The first-order valence-electron chi connectivity index (χ1n) is 7.40.